The van der Waals surface area contributed by atoms with Crippen LogP contribution in [-0.2, 0) is 11.2 Å². The summed E-state index contributed by atoms with van der Waals surface area (Å²) in [6.07, 6.45) is 2.13. The van der Waals surface area contributed by atoms with Gasteiger partial charge in [-0.2, -0.15) is 4.98 Å². The van der Waals surface area contributed by atoms with Crippen LogP contribution in [0.5, 0.6) is 5.75 Å². The average Bonchev–Trinajstić information content (AvgIpc) is 3.25. The summed E-state index contributed by atoms with van der Waals surface area (Å²) in [6, 6.07) is 15.7. The summed E-state index contributed by atoms with van der Waals surface area (Å²) >= 11 is 0. The van der Waals surface area contributed by atoms with Gasteiger partial charge in [0, 0.05) is 19.0 Å². The van der Waals surface area contributed by atoms with E-state index in [1.807, 2.05) is 60.4 Å². The number of hydrogen-bond donors (Lipinski definition) is 0. The number of rotatable bonds is 5. The van der Waals surface area contributed by atoms with Gasteiger partial charge in [0.25, 0.3) is 5.89 Å². The van der Waals surface area contributed by atoms with Gasteiger partial charge in [0.1, 0.15) is 5.75 Å². The second-order valence-electron chi connectivity index (χ2n) is 7.48. The van der Waals surface area contributed by atoms with Crippen LogP contribution in [0.2, 0.25) is 0 Å². The van der Waals surface area contributed by atoms with Crippen molar-refractivity contribution in [2.24, 2.45) is 0 Å². The molecule has 0 radical (unpaired) electrons. The molecule has 0 saturated carbocycles. The van der Waals surface area contributed by atoms with Crippen LogP contribution in [0.15, 0.2) is 53.1 Å². The predicted molar refractivity (Wildman–Crippen MR) is 110 cm³/mol. The Labute approximate surface area is 170 Å². The summed E-state index contributed by atoms with van der Waals surface area (Å²) in [5.41, 5.74) is 3.05. The van der Waals surface area contributed by atoms with Crippen LogP contribution in [-0.4, -0.2) is 41.1 Å². The fourth-order valence-corrected chi connectivity index (χ4v) is 3.71. The predicted octanol–water partition coefficient (Wildman–Crippen LogP) is 4.00. The molecule has 0 unspecified atom stereocenters. The van der Waals surface area contributed by atoms with Crippen LogP contribution in [0.1, 0.15) is 35.7 Å². The number of para-hydroxylation sites is 1. The first kappa shape index (κ1) is 19.2. The van der Waals surface area contributed by atoms with Crippen LogP contribution >= 0.6 is 0 Å². The Morgan fingerprint density at radius 2 is 1.86 bits per heavy atom. The van der Waals surface area contributed by atoms with Crippen LogP contribution in [0.4, 0.5) is 0 Å². The first-order valence-electron chi connectivity index (χ1n) is 9.94. The van der Waals surface area contributed by atoms with Gasteiger partial charge >= 0.3 is 0 Å². The highest BCUT2D eigenvalue weighted by atomic mass is 16.5. The smallest absolute Gasteiger partial charge is 0.261 e. The van der Waals surface area contributed by atoms with E-state index in [9.17, 15) is 4.79 Å². The number of likely N-dealkylation sites (tertiary alicyclic amines) is 1. The van der Waals surface area contributed by atoms with Gasteiger partial charge in [-0.05, 0) is 37.5 Å². The molecule has 0 spiro atoms. The molecule has 150 valence electrons. The fourth-order valence-electron chi connectivity index (χ4n) is 3.71. The van der Waals surface area contributed by atoms with Crippen molar-refractivity contribution in [2.45, 2.75) is 32.1 Å². The normalized spacial score (nSPS) is 14.8. The molecular weight excluding hydrogens is 366 g/mol. The number of nitrogens with zero attached hydrogens (tertiary/aromatic N) is 3. The van der Waals surface area contributed by atoms with E-state index in [4.69, 9.17) is 9.26 Å². The Bertz CT molecular complexity index is 973. The highest BCUT2D eigenvalue weighted by Crippen LogP contribution is 2.31. The van der Waals surface area contributed by atoms with Crippen molar-refractivity contribution in [3.63, 3.8) is 0 Å². The molecule has 0 atom stereocenters. The lowest BCUT2D eigenvalue weighted by atomic mass is 9.95. The zero-order valence-electron chi connectivity index (χ0n) is 16.8. The summed E-state index contributed by atoms with van der Waals surface area (Å²) in [7, 11) is 1.62. The summed E-state index contributed by atoms with van der Waals surface area (Å²) < 4.78 is 10.9. The summed E-state index contributed by atoms with van der Waals surface area (Å²) in [6.45, 7) is 3.48. The Kier molecular flexibility index (Phi) is 5.60. The third kappa shape index (κ3) is 4.31. The number of carbonyl (C=O) groups excluding carboxylic acids is 1. The molecule has 3 aromatic rings. The number of benzene rings is 2. The van der Waals surface area contributed by atoms with Crippen LogP contribution in [0.3, 0.4) is 0 Å². The molecule has 1 fully saturated rings. The van der Waals surface area contributed by atoms with Gasteiger partial charge in [0.05, 0.1) is 19.1 Å². The van der Waals surface area contributed by atoms with Gasteiger partial charge in [0.2, 0.25) is 5.91 Å². The quantitative estimate of drug-likeness (QED) is 0.657. The molecule has 2 heterocycles. The van der Waals surface area contributed by atoms with Crippen molar-refractivity contribution in [3.8, 4) is 17.2 Å². The molecule has 2 aromatic carbocycles. The third-order valence-electron chi connectivity index (χ3n) is 5.47. The molecule has 1 amide bonds. The number of methoxy groups -OCH3 is 1. The number of amides is 1. The first-order chi connectivity index (χ1) is 14.1. The number of aromatic nitrogens is 2. The Morgan fingerprint density at radius 3 is 2.59 bits per heavy atom. The molecule has 0 aliphatic carbocycles. The SMILES string of the molecule is COc1ccccc1-c1nc(C2CCN(C(=O)Cc3ccc(C)cc3)CC2)no1. The lowest BCUT2D eigenvalue weighted by Gasteiger charge is -2.30. The summed E-state index contributed by atoms with van der Waals surface area (Å²) in [5.74, 6) is 2.26. The maximum atomic E-state index is 12.6. The van der Waals surface area contributed by atoms with Crippen LogP contribution in [0.25, 0.3) is 11.5 Å². The fraction of sp³-hybridized carbons (Fsp3) is 0.348. The van der Waals surface area contributed by atoms with E-state index in [1.54, 1.807) is 7.11 Å². The maximum absolute atomic E-state index is 12.6. The molecule has 0 bridgehead atoms. The second-order valence-corrected chi connectivity index (χ2v) is 7.48. The van der Waals surface area contributed by atoms with Crippen molar-refractivity contribution < 1.29 is 14.1 Å². The Balaban J connectivity index is 1.37. The van der Waals surface area contributed by atoms with Gasteiger partial charge in [-0.25, -0.2) is 0 Å². The van der Waals surface area contributed by atoms with E-state index in [0.29, 0.717) is 37.0 Å². The van der Waals surface area contributed by atoms with Gasteiger partial charge in [-0.3, -0.25) is 4.79 Å². The second kappa shape index (κ2) is 8.47. The van der Waals surface area contributed by atoms with E-state index >= 15 is 0 Å². The van der Waals surface area contributed by atoms with E-state index in [-0.39, 0.29) is 11.8 Å². The van der Waals surface area contributed by atoms with E-state index in [2.05, 4.69) is 10.1 Å². The minimum Gasteiger partial charge on any atom is -0.496 e. The Morgan fingerprint density at radius 1 is 1.14 bits per heavy atom. The van der Waals surface area contributed by atoms with E-state index in [0.717, 1.165) is 24.0 Å². The molecule has 29 heavy (non-hydrogen) atoms. The first-order valence-corrected chi connectivity index (χ1v) is 9.94. The molecular formula is C23H25N3O3. The molecule has 0 N–H and O–H groups in total. The maximum Gasteiger partial charge on any atom is 0.261 e. The average molecular weight is 391 g/mol. The molecule has 1 saturated heterocycles. The topological polar surface area (TPSA) is 68.5 Å². The molecule has 6 heteroatoms. The number of hydrogen-bond acceptors (Lipinski definition) is 5. The minimum atomic E-state index is 0.176. The van der Waals surface area contributed by atoms with Crippen molar-refractivity contribution in [1.82, 2.24) is 15.0 Å². The molecule has 6 nitrogen and oxygen atoms in total. The number of aryl methyl sites for hydroxylation is 1. The van der Waals surface area contributed by atoms with Gasteiger partial charge in [0.15, 0.2) is 5.82 Å². The number of piperidine rings is 1. The largest absolute Gasteiger partial charge is 0.496 e. The zero-order chi connectivity index (χ0) is 20.2. The monoisotopic (exact) mass is 391 g/mol. The van der Waals surface area contributed by atoms with Crippen molar-refractivity contribution >= 4 is 5.91 Å². The number of carbonyl (C=O) groups is 1. The number of ether oxygens (including phenoxy) is 1. The van der Waals surface area contributed by atoms with E-state index in [1.165, 1.54) is 5.56 Å². The highest BCUT2D eigenvalue weighted by molar-refractivity contribution is 5.78. The van der Waals surface area contributed by atoms with Gasteiger partial charge < -0.3 is 14.2 Å². The molecule has 4 rings (SSSR count). The van der Waals surface area contributed by atoms with Crippen LogP contribution in [0, 0.1) is 6.92 Å². The van der Waals surface area contributed by atoms with Crippen molar-refractivity contribution in [1.29, 1.82) is 0 Å². The summed E-state index contributed by atoms with van der Waals surface area (Å²) in [5, 5.41) is 4.19. The highest BCUT2D eigenvalue weighted by Gasteiger charge is 2.27. The van der Waals surface area contributed by atoms with Crippen molar-refractivity contribution in [2.75, 3.05) is 20.2 Å². The Hall–Kier alpha value is -3.15. The summed E-state index contributed by atoms with van der Waals surface area (Å²) in [4.78, 5) is 19.2. The molecule has 1 aromatic heterocycles. The minimum absolute atomic E-state index is 0.176. The zero-order valence-corrected chi connectivity index (χ0v) is 16.8. The van der Waals surface area contributed by atoms with Gasteiger partial charge in [-0.15, -0.1) is 0 Å². The third-order valence-corrected chi connectivity index (χ3v) is 5.47. The molecule has 1 aliphatic heterocycles. The van der Waals surface area contributed by atoms with Gasteiger partial charge in [-0.1, -0.05) is 47.1 Å². The van der Waals surface area contributed by atoms with Crippen LogP contribution < -0.4 is 4.74 Å². The lowest BCUT2D eigenvalue weighted by Crippen LogP contribution is -2.39. The lowest BCUT2D eigenvalue weighted by molar-refractivity contribution is -0.131. The van der Waals surface area contributed by atoms with Crippen molar-refractivity contribution in [3.05, 3.63) is 65.5 Å². The standard InChI is InChI=1S/C23H25N3O3/c1-16-7-9-17(10-8-16)15-21(27)26-13-11-18(12-14-26)22-24-23(29-25-22)19-5-3-4-6-20(19)28-2/h3-10,18H,11-15H2,1-2H3. The van der Waals surface area contributed by atoms with E-state index < -0.39 is 0 Å². The molecule has 1 aliphatic rings.